The second-order valence-electron chi connectivity index (χ2n) is 7.08. The number of unbranched alkanes of at least 4 members (excludes halogenated alkanes) is 1. The molecule has 0 saturated heterocycles. The summed E-state index contributed by atoms with van der Waals surface area (Å²) in [5.41, 5.74) is 0.219. The van der Waals surface area contributed by atoms with Gasteiger partial charge >= 0.3 is 11.9 Å². The number of nitro groups is 2. The zero-order chi connectivity index (χ0) is 24.2. The molecule has 0 bridgehead atoms. The number of nitrogens with zero attached hydrogens (tertiary/aromatic N) is 3. The number of hydrogen-bond donors (Lipinski definition) is 0. The third-order valence-electron chi connectivity index (χ3n) is 4.74. The highest BCUT2D eigenvalue weighted by Crippen LogP contribution is 2.14. The van der Waals surface area contributed by atoms with Gasteiger partial charge in [-0.05, 0) is 37.2 Å². The lowest BCUT2D eigenvalue weighted by Gasteiger charge is -2.21. The molecule has 0 atom stereocenters. The molecule has 0 aliphatic rings. The van der Waals surface area contributed by atoms with Crippen LogP contribution in [-0.2, 0) is 9.47 Å². The van der Waals surface area contributed by atoms with Crippen LogP contribution in [0.25, 0.3) is 0 Å². The Morgan fingerprint density at radius 3 is 1.48 bits per heavy atom. The first-order valence-corrected chi connectivity index (χ1v) is 10.4. The number of esters is 2. The molecule has 2 rings (SSSR count). The van der Waals surface area contributed by atoms with E-state index in [9.17, 15) is 29.8 Å². The highest BCUT2D eigenvalue weighted by atomic mass is 16.6. The molecule has 0 amide bonds. The van der Waals surface area contributed by atoms with E-state index in [4.69, 9.17) is 9.47 Å². The molecule has 0 aliphatic carbocycles. The van der Waals surface area contributed by atoms with Crippen molar-refractivity contribution in [2.45, 2.75) is 19.8 Å². The Kier molecular flexibility index (Phi) is 9.90. The Bertz CT molecular complexity index is 885. The molecule has 0 fully saturated rings. The summed E-state index contributed by atoms with van der Waals surface area (Å²) in [5.74, 6) is -1.16. The maximum Gasteiger partial charge on any atom is 0.338 e. The Morgan fingerprint density at radius 1 is 0.758 bits per heavy atom. The number of non-ortho nitro benzene ring substituents is 2. The summed E-state index contributed by atoms with van der Waals surface area (Å²) >= 11 is 0. The predicted molar refractivity (Wildman–Crippen MR) is 118 cm³/mol. The fourth-order valence-electron chi connectivity index (χ4n) is 2.86. The van der Waals surface area contributed by atoms with Crippen molar-refractivity contribution >= 4 is 23.3 Å². The van der Waals surface area contributed by atoms with Crippen LogP contribution >= 0.6 is 0 Å². The zero-order valence-electron chi connectivity index (χ0n) is 18.2. The largest absolute Gasteiger partial charge is 0.461 e. The second kappa shape index (κ2) is 12.9. The van der Waals surface area contributed by atoms with Gasteiger partial charge in [0.1, 0.15) is 13.2 Å². The number of ether oxygens (including phenoxy) is 2. The molecule has 0 radical (unpaired) electrons. The topological polar surface area (TPSA) is 142 Å². The third kappa shape index (κ3) is 8.30. The van der Waals surface area contributed by atoms with Crippen LogP contribution < -0.4 is 0 Å². The van der Waals surface area contributed by atoms with Gasteiger partial charge in [-0.1, -0.05) is 13.3 Å². The Hall–Kier alpha value is -3.86. The molecule has 0 saturated carbocycles. The van der Waals surface area contributed by atoms with E-state index in [0.717, 1.165) is 19.4 Å². The summed E-state index contributed by atoms with van der Waals surface area (Å²) in [6.45, 7) is 3.83. The summed E-state index contributed by atoms with van der Waals surface area (Å²) in [4.78, 5) is 46.5. The standard InChI is InChI=1S/C22H25N3O8/c1-2-3-12-23(13-15-32-21(26)17-4-8-19(9-5-17)24(28)29)14-16-33-22(27)18-6-10-20(11-7-18)25(30)31/h4-11H,2-3,12-16H2,1H3. The number of nitro benzene ring substituents is 2. The van der Waals surface area contributed by atoms with Crippen LogP contribution in [-0.4, -0.2) is 59.5 Å². The highest BCUT2D eigenvalue weighted by molar-refractivity contribution is 5.90. The summed E-state index contributed by atoms with van der Waals surface area (Å²) < 4.78 is 10.5. The van der Waals surface area contributed by atoms with E-state index in [0.29, 0.717) is 13.1 Å². The number of carbonyl (C=O) groups excluding carboxylic acids is 2. The van der Waals surface area contributed by atoms with Gasteiger partial charge in [-0.25, -0.2) is 9.59 Å². The first-order chi connectivity index (χ1) is 15.8. The maximum absolute atomic E-state index is 12.1. The lowest BCUT2D eigenvalue weighted by atomic mass is 10.2. The van der Waals surface area contributed by atoms with Gasteiger partial charge in [0.15, 0.2) is 0 Å². The van der Waals surface area contributed by atoms with Gasteiger partial charge in [0.25, 0.3) is 11.4 Å². The number of benzene rings is 2. The minimum absolute atomic E-state index is 0.107. The van der Waals surface area contributed by atoms with Gasteiger partial charge < -0.3 is 9.47 Å². The Labute approximate surface area is 190 Å². The first-order valence-electron chi connectivity index (χ1n) is 10.4. The molecule has 0 spiro atoms. The Morgan fingerprint density at radius 2 is 1.15 bits per heavy atom. The smallest absolute Gasteiger partial charge is 0.338 e. The molecule has 0 aromatic heterocycles. The van der Waals surface area contributed by atoms with Crippen molar-refractivity contribution < 1.29 is 28.9 Å². The molecule has 11 nitrogen and oxygen atoms in total. The normalized spacial score (nSPS) is 10.6. The van der Waals surface area contributed by atoms with Crippen LogP contribution in [0.3, 0.4) is 0 Å². The first kappa shape index (κ1) is 25.4. The van der Waals surface area contributed by atoms with E-state index < -0.39 is 21.8 Å². The van der Waals surface area contributed by atoms with E-state index >= 15 is 0 Å². The van der Waals surface area contributed by atoms with Crippen molar-refractivity contribution in [2.75, 3.05) is 32.8 Å². The van der Waals surface area contributed by atoms with E-state index in [1.54, 1.807) is 0 Å². The van der Waals surface area contributed by atoms with Crippen molar-refractivity contribution in [3.63, 3.8) is 0 Å². The summed E-state index contributed by atoms with van der Waals surface area (Å²) in [5, 5.41) is 21.4. The van der Waals surface area contributed by atoms with E-state index in [1.807, 2.05) is 11.8 Å². The molecular formula is C22H25N3O8. The minimum atomic E-state index is -0.579. The van der Waals surface area contributed by atoms with Crippen LogP contribution in [0.15, 0.2) is 48.5 Å². The maximum atomic E-state index is 12.1. The molecule has 33 heavy (non-hydrogen) atoms. The van der Waals surface area contributed by atoms with Crippen molar-refractivity contribution in [2.24, 2.45) is 0 Å². The van der Waals surface area contributed by atoms with E-state index in [-0.39, 0.29) is 35.7 Å². The number of rotatable bonds is 13. The average molecular weight is 459 g/mol. The SMILES string of the molecule is CCCCN(CCOC(=O)c1ccc([N+](=O)[O-])cc1)CCOC(=O)c1ccc([N+](=O)[O-])cc1. The third-order valence-corrected chi connectivity index (χ3v) is 4.74. The van der Waals surface area contributed by atoms with E-state index in [2.05, 4.69) is 0 Å². The second-order valence-corrected chi connectivity index (χ2v) is 7.08. The highest BCUT2D eigenvalue weighted by Gasteiger charge is 2.14. The summed E-state index contributed by atoms with van der Waals surface area (Å²) in [6.07, 6.45) is 1.87. The summed E-state index contributed by atoms with van der Waals surface area (Å²) in [7, 11) is 0. The number of hydrogen-bond acceptors (Lipinski definition) is 9. The van der Waals surface area contributed by atoms with Crippen molar-refractivity contribution in [3.8, 4) is 0 Å². The predicted octanol–water partition coefficient (Wildman–Crippen LogP) is 3.62. The van der Waals surface area contributed by atoms with Gasteiger partial charge in [0.05, 0.1) is 21.0 Å². The molecule has 2 aromatic carbocycles. The quantitative estimate of drug-likeness (QED) is 0.249. The monoisotopic (exact) mass is 459 g/mol. The minimum Gasteiger partial charge on any atom is -0.461 e. The molecule has 0 N–H and O–H groups in total. The molecule has 176 valence electrons. The fourth-order valence-corrected chi connectivity index (χ4v) is 2.86. The van der Waals surface area contributed by atoms with Crippen molar-refractivity contribution in [1.82, 2.24) is 4.90 Å². The Balaban J connectivity index is 1.79. The van der Waals surface area contributed by atoms with Crippen LogP contribution in [0.1, 0.15) is 40.5 Å². The van der Waals surface area contributed by atoms with Crippen LogP contribution in [0.4, 0.5) is 11.4 Å². The lowest BCUT2D eigenvalue weighted by Crippen LogP contribution is -2.33. The van der Waals surface area contributed by atoms with Crippen molar-refractivity contribution in [1.29, 1.82) is 0 Å². The van der Waals surface area contributed by atoms with Crippen LogP contribution in [0.5, 0.6) is 0 Å². The van der Waals surface area contributed by atoms with Crippen LogP contribution in [0, 0.1) is 20.2 Å². The molecule has 11 heteroatoms. The summed E-state index contributed by atoms with van der Waals surface area (Å²) in [6, 6.07) is 10.3. The fraction of sp³-hybridized carbons (Fsp3) is 0.364. The van der Waals surface area contributed by atoms with Crippen molar-refractivity contribution in [3.05, 3.63) is 79.9 Å². The van der Waals surface area contributed by atoms with Gasteiger partial charge in [-0.15, -0.1) is 0 Å². The van der Waals surface area contributed by atoms with E-state index in [1.165, 1.54) is 48.5 Å². The average Bonchev–Trinajstić information content (AvgIpc) is 2.82. The lowest BCUT2D eigenvalue weighted by molar-refractivity contribution is -0.385. The molecule has 0 heterocycles. The van der Waals surface area contributed by atoms with Gasteiger partial charge in [0.2, 0.25) is 0 Å². The molecule has 0 aliphatic heterocycles. The molecule has 0 unspecified atom stereocenters. The zero-order valence-corrected chi connectivity index (χ0v) is 18.2. The molecular weight excluding hydrogens is 434 g/mol. The van der Waals surface area contributed by atoms with Gasteiger partial charge in [-0.2, -0.15) is 0 Å². The van der Waals surface area contributed by atoms with Crippen LogP contribution in [0.2, 0.25) is 0 Å². The van der Waals surface area contributed by atoms with Gasteiger partial charge in [0, 0.05) is 37.4 Å². The molecule has 2 aromatic rings. The van der Waals surface area contributed by atoms with Gasteiger partial charge in [-0.3, -0.25) is 25.1 Å². The number of carbonyl (C=O) groups is 2.